The van der Waals surface area contributed by atoms with Crippen molar-refractivity contribution in [2.45, 2.75) is 106 Å². The molecule has 0 saturated carbocycles. The highest BCUT2D eigenvalue weighted by Gasteiger charge is 2.22. The molecule has 0 fully saturated rings. The van der Waals surface area contributed by atoms with E-state index in [4.69, 9.17) is 0 Å². The highest BCUT2D eigenvalue weighted by atomic mass is 14.3. The SMILES string of the molecule is CCCCC(CC)C[C](CC(CC)CCCC)C(C)C. The van der Waals surface area contributed by atoms with Crippen LogP contribution in [0.5, 0.6) is 0 Å². The van der Waals surface area contributed by atoms with Crippen LogP contribution in [-0.2, 0) is 0 Å². The Bertz CT molecular complexity index is 176. The standard InChI is InChI=1S/C20H41/c1-7-11-13-18(9-3)15-20(17(5)6)16-19(10-4)14-12-8-2/h17-19H,7-16H2,1-6H3. The summed E-state index contributed by atoms with van der Waals surface area (Å²) in [6, 6.07) is 0. The highest BCUT2D eigenvalue weighted by Crippen LogP contribution is 2.34. The van der Waals surface area contributed by atoms with Crippen LogP contribution in [0, 0.1) is 23.7 Å². The van der Waals surface area contributed by atoms with Crippen LogP contribution in [0.4, 0.5) is 0 Å². The minimum Gasteiger partial charge on any atom is -0.0654 e. The lowest BCUT2D eigenvalue weighted by Crippen LogP contribution is -2.16. The summed E-state index contributed by atoms with van der Waals surface area (Å²) in [4.78, 5) is 0. The maximum atomic E-state index is 2.41. The van der Waals surface area contributed by atoms with Crippen molar-refractivity contribution >= 4 is 0 Å². The lowest BCUT2D eigenvalue weighted by Gasteiger charge is -2.29. The number of hydrogen-bond donors (Lipinski definition) is 0. The van der Waals surface area contributed by atoms with E-state index in [0.717, 1.165) is 17.8 Å². The van der Waals surface area contributed by atoms with Gasteiger partial charge in [-0.1, -0.05) is 92.9 Å². The van der Waals surface area contributed by atoms with Crippen LogP contribution in [0.25, 0.3) is 0 Å². The summed E-state index contributed by atoms with van der Waals surface area (Å²) in [6.07, 6.45) is 13.9. The number of rotatable bonds is 13. The minimum absolute atomic E-state index is 0.779. The third-order valence-electron chi connectivity index (χ3n) is 5.00. The van der Waals surface area contributed by atoms with E-state index in [2.05, 4.69) is 41.5 Å². The molecule has 0 amide bonds. The molecule has 0 aromatic heterocycles. The van der Waals surface area contributed by atoms with Gasteiger partial charge in [-0.2, -0.15) is 0 Å². The van der Waals surface area contributed by atoms with Crippen molar-refractivity contribution in [1.82, 2.24) is 0 Å². The molecule has 2 unspecified atom stereocenters. The normalized spacial score (nSPS) is 15.0. The molecule has 0 bridgehead atoms. The van der Waals surface area contributed by atoms with Gasteiger partial charge in [0.05, 0.1) is 0 Å². The molecule has 0 aliphatic rings. The van der Waals surface area contributed by atoms with Crippen LogP contribution in [0.1, 0.15) is 106 Å². The first-order valence-electron chi connectivity index (χ1n) is 9.43. The quantitative estimate of drug-likeness (QED) is 0.329. The monoisotopic (exact) mass is 281 g/mol. The zero-order valence-corrected chi connectivity index (χ0v) is 15.3. The van der Waals surface area contributed by atoms with E-state index in [9.17, 15) is 0 Å². The molecule has 0 aliphatic heterocycles. The molecule has 0 aliphatic carbocycles. The Morgan fingerprint density at radius 1 is 0.700 bits per heavy atom. The Kier molecular flexibility index (Phi) is 12.7. The van der Waals surface area contributed by atoms with Crippen molar-refractivity contribution in [3.05, 3.63) is 5.92 Å². The predicted molar refractivity (Wildman–Crippen MR) is 93.9 cm³/mol. The van der Waals surface area contributed by atoms with Crippen molar-refractivity contribution in [2.75, 3.05) is 0 Å². The van der Waals surface area contributed by atoms with Gasteiger partial charge in [-0.15, -0.1) is 0 Å². The molecule has 0 aromatic carbocycles. The fraction of sp³-hybridized carbons (Fsp3) is 0.950. The van der Waals surface area contributed by atoms with Gasteiger partial charge in [0.2, 0.25) is 0 Å². The largest absolute Gasteiger partial charge is 0.0654 e. The Balaban J connectivity index is 4.37. The molecule has 0 saturated heterocycles. The molecular formula is C20H41. The second kappa shape index (κ2) is 12.7. The van der Waals surface area contributed by atoms with Gasteiger partial charge in [-0.05, 0) is 36.5 Å². The second-order valence-corrected chi connectivity index (χ2v) is 7.05. The maximum absolute atomic E-state index is 2.41. The lowest BCUT2D eigenvalue weighted by molar-refractivity contribution is 0.343. The molecule has 0 rings (SSSR count). The number of hydrogen-bond acceptors (Lipinski definition) is 0. The molecule has 0 heteroatoms. The van der Waals surface area contributed by atoms with Crippen LogP contribution in [-0.4, -0.2) is 0 Å². The summed E-state index contributed by atoms with van der Waals surface area (Å²) in [7, 11) is 0. The molecule has 0 heterocycles. The van der Waals surface area contributed by atoms with Gasteiger partial charge in [0.15, 0.2) is 0 Å². The second-order valence-electron chi connectivity index (χ2n) is 7.05. The van der Waals surface area contributed by atoms with Crippen molar-refractivity contribution in [3.8, 4) is 0 Å². The third-order valence-corrected chi connectivity index (χ3v) is 5.00. The summed E-state index contributed by atoms with van der Waals surface area (Å²) in [5.74, 6) is 4.52. The van der Waals surface area contributed by atoms with Crippen LogP contribution >= 0.6 is 0 Å². The fourth-order valence-corrected chi connectivity index (χ4v) is 3.18. The molecule has 0 nitrogen and oxygen atoms in total. The fourth-order valence-electron chi connectivity index (χ4n) is 3.18. The Morgan fingerprint density at radius 2 is 1.10 bits per heavy atom. The summed E-state index contributed by atoms with van der Waals surface area (Å²) < 4.78 is 0. The van der Waals surface area contributed by atoms with E-state index in [-0.39, 0.29) is 0 Å². The van der Waals surface area contributed by atoms with Crippen LogP contribution in [0.2, 0.25) is 0 Å². The van der Waals surface area contributed by atoms with Crippen molar-refractivity contribution in [3.63, 3.8) is 0 Å². The van der Waals surface area contributed by atoms with Gasteiger partial charge in [0.1, 0.15) is 0 Å². The number of unbranched alkanes of at least 4 members (excludes halogenated alkanes) is 2. The Hall–Kier alpha value is 0. The summed E-state index contributed by atoms with van der Waals surface area (Å²) in [5.41, 5.74) is 0. The zero-order valence-electron chi connectivity index (χ0n) is 15.3. The Morgan fingerprint density at radius 3 is 1.35 bits per heavy atom. The molecule has 0 spiro atoms. The van der Waals surface area contributed by atoms with E-state index in [1.54, 1.807) is 0 Å². The van der Waals surface area contributed by atoms with Gasteiger partial charge in [-0.25, -0.2) is 0 Å². The van der Waals surface area contributed by atoms with Crippen LogP contribution < -0.4 is 0 Å². The summed E-state index contributed by atoms with van der Waals surface area (Å²) in [6.45, 7) is 14.2. The smallest absolute Gasteiger partial charge is 0.0210 e. The molecule has 0 N–H and O–H groups in total. The zero-order chi connectivity index (χ0) is 15.4. The first-order valence-corrected chi connectivity index (χ1v) is 9.43. The minimum atomic E-state index is 0.779. The summed E-state index contributed by atoms with van der Waals surface area (Å²) >= 11 is 0. The van der Waals surface area contributed by atoms with E-state index in [1.807, 2.05) is 5.92 Å². The van der Waals surface area contributed by atoms with Crippen molar-refractivity contribution in [2.24, 2.45) is 17.8 Å². The molecular weight excluding hydrogens is 240 g/mol. The third kappa shape index (κ3) is 9.03. The average molecular weight is 282 g/mol. The van der Waals surface area contributed by atoms with E-state index < -0.39 is 0 Å². The topological polar surface area (TPSA) is 0 Å². The lowest BCUT2D eigenvalue weighted by atomic mass is 9.77. The van der Waals surface area contributed by atoms with Crippen molar-refractivity contribution in [1.29, 1.82) is 0 Å². The van der Waals surface area contributed by atoms with E-state index in [1.165, 1.54) is 64.2 Å². The van der Waals surface area contributed by atoms with E-state index in [0.29, 0.717) is 0 Å². The van der Waals surface area contributed by atoms with Gasteiger partial charge in [0, 0.05) is 0 Å². The summed E-state index contributed by atoms with van der Waals surface area (Å²) in [5, 5.41) is 0. The van der Waals surface area contributed by atoms with Gasteiger partial charge >= 0.3 is 0 Å². The molecule has 20 heavy (non-hydrogen) atoms. The van der Waals surface area contributed by atoms with Gasteiger partial charge in [-0.3, -0.25) is 0 Å². The van der Waals surface area contributed by atoms with E-state index >= 15 is 0 Å². The van der Waals surface area contributed by atoms with Gasteiger partial charge < -0.3 is 0 Å². The first kappa shape index (κ1) is 20.0. The Labute approximate surface area is 130 Å². The van der Waals surface area contributed by atoms with Crippen LogP contribution in [0.15, 0.2) is 0 Å². The molecule has 121 valence electrons. The first-order chi connectivity index (χ1) is 9.58. The van der Waals surface area contributed by atoms with Gasteiger partial charge in [0.25, 0.3) is 0 Å². The highest BCUT2D eigenvalue weighted by molar-refractivity contribution is 4.96. The van der Waals surface area contributed by atoms with Crippen LogP contribution in [0.3, 0.4) is 0 Å². The molecule has 0 aromatic rings. The molecule has 2 atom stereocenters. The predicted octanol–water partition coefficient (Wildman–Crippen LogP) is 7.43. The average Bonchev–Trinajstić information content (AvgIpc) is 2.45. The molecule has 1 radical (unpaired) electrons. The maximum Gasteiger partial charge on any atom is -0.0210 e. The van der Waals surface area contributed by atoms with Crippen molar-refractivity contribution < 1.29 is 0 Å².